The van der Waals surface area contributed by atoms with Gasteiger partial charge in [-0.05, 0) is 39.3 Å². The molecule has 5 nitrogen and oxygen atoms in total. The van der Waals surface area contributed by atoms with Crippen molar-refractivity contribution in [2.45, 2.75) is 51.6 Å². The van der Waals surface area contributed by atoms with Crippen LogP contribution in [0, 0.1) is 6.92 Å². The molecule has 1 aromatic rings. The Morgan fingerprint density at radius 2 is 2.15 bits per heavy atom. The molecule has 1 saturated heterocycles. The van der Waals surface area contributed by atoms with Crippen molar-refractivity contribution in [1.29, 1.82) is 0 Å². The Kier molecular flexibility index (Phi) is 5.05. The highest BCUT2D eigenvalue weighted by Crippen LogP contribution is 2.36. The molecule has 1 aliphatic heterocycles. The van der Waals surface area contributed by atoms with Gasteiger partial charge >= 0.3 is 0 Å². The normalized spacial score (nSPS) is 24.6. The summed E-state index contributed by atoms with van der Waals surface area (Å²) in [7, 11) is 3.65. The summed E-state index contributed by atoms with van der Waals surface area (Å²) in [4.78, 5) is 2.52. The number of likely N-dealkylation sites (tertiary alicyclic amines) is 1. The Bertz CT molecular complexity index is 443. The number of aromatic nitrogens is 2. The molecule has 1 aromatic heterocycles. The van der Waals surface area contributed by atoms with E-state index in [0.717, 1.165) is 37.5 Å². The van der Waals surface area contributed by atoms with E-state index in [4.69, 9.17) is 10.5 Å². The maximum atomic E-state index is 6.50. The summed E-state index contributed by atoms with van der Waals surface area (Å²) in [5, 5.41) is 4.53. The topological polar surface area (TPSA) is 56.3 Å². The maximum absolute atomic E-state index is 6.50. The Labute approximate surface area is 122 Å². The monoisotopic (exact) mass is 280 g/mol. The fraction of sp³-hybridized carbons (Fsp3) is 0.800. The Morgan fingerprint density at radius 1 is 1.40 bits per heavy atom. The first kappa shape index (κ1) is 15.3. The molecule has 0 aromatic carbocycles. The lowest BCUT2D eigenvalue weighted by molar-refractivity contribution is 0.181. The quantitative estimate of drug-likeness (QED) is 0.916. The molecule has 0 saturated carbocycles. The first-order valence-corrected chi connectivity index (χ1v) is 7.67. The van der Waals surface area contributed by atoms with E-state index in [0.29, 0.717) is 0 Å². The van der Waals surface area contributed by atoms with Crippen LogP contribution in [0.1, 0.15) is 49.9 Å². The fourth-order valence-electron chi connectivity index (χ4n) is 3.43. The third kappa shape index (κ3) is 2.83. The molecule has 0 spiro atoms. The molecule has 2 atom stereocenters. The summed E-state index contributed by atoms with van der Waals surface area (Å²) in [5.74, 6) is 0.853. The van der Waals surface area contributed by atoms with Gasteiger partial charge < -0.3 is 10.5 Å². The zero-order valence-corrected chi connectivity index (χ0v) is 13.2. The number of hydrogen-bond acceptors (Lipinski definition) is 4. The molecule has 0 radical (unpaired) electrons. The van der Waals surface area contributed by atoms with Gasteiger partial charge in [0.1, 0.15) is 0 Å². The summed E-state index contributed by atoms with van der Waals surface area (Å²) in [6.07, 6.45) is 4.65. The lowest BCUT2D eigenvalue weighted by Gasteiger charge is -2.33. The first-order chi connectivity index (χ1) is 9.60. The predicted molar refractivity (Wildman–Crippen MR) is 80.9 cm³/mol. The Balaban J connectivity index is 2.43. The SMILES string of the molecule is CCCN1CCCCC(N)C1c1c(C)nn(C)c1OC. The van der Waals surface area contributed by atoms with Gasteiger partial charge in [-0.15, -0.1) is 0 Å². The van der Waals surface area contributed by atoms with Crippen LogP contribution < -0.4 is 10.5 Å². The molecule has 5 heteroatoms. The molecule has 0 amide bonds. The summed E-state index contributed by atoms with van der Waals surface area (Å²) in [5.41, 5.74) is 8.71. The van der Waals surface area contributed by atoms with Crippen LogP contribution in [-0.4, -0.2) is 40.9 Å². The minimum Gasteiger partial charge on any atom is -0.481 e. The predicted octanol–water partition coefficient (Wildman–Crippen LogP) is 2.00. The maximum Gasteiger partial charge on any atom is 0.216 e. The standard InChI is InChI=1S/C15H28N4O/c1-5-9-19-10-7-6-8-12(16)14(19)13-11(2)17-18(3)15(13)20-4/h12,14H,5-10,16H2,1-4H3. The molecular formula is C15H28N4O. The number of rotatable bonds is 4. The highest BCUT2D eigenvalue weighted by molar-refractivity contribution is 5.35. The van der Waals surface area contributed by atoms with E-state index < -0.39 is 0 Å². The average molecular weight is 280 g/mol. The van der Waals surface area contributed by atoms with Crippen LogP contribution in [0.15, 0.2) is 0 Å². The van der Waals surface area contributed by atoms with Crippen molar-refractivity contribution in [3.63, 3.8) is 0 Å². The average Bonchev–Trinajstić information content (AvgIpc) is 2.57. The fourth-order valence-corrected chi connectivity index (χ4v) is 3.43. The molecule has 20 heavy (non-hydrogen) atoms. The Hall–Kier alpha value is -1.07. The third-order valence-corrected chi connectivity index (χ3v) is 4.25. The summed E-state index contributed by atoms with van der Waals surface area (Å²) >= 11 is 0. The summed E-state index contributed by atoms with van der Waals surface area (Å²) in [6.45, 7) is 6.47. The van der Waals surface area contributed by atoms with Crippen LogP contribution in [0.4, 0.5) is 0 Å². The molecule has 1 aliphatic rings. The van der Waals surface area contributed by atoms with Gasteiger partial charge in [0.05, 0.1) is 24.4 Å². The second kappa shape index (κ2) is 6.59. The zero-order valence-electron chi connectivity index (χ0n) is 13.2. The van der Waals surface area contributed by atoms with Crippen molar-refractivity contribution in [3.8, 4) is 5.88 Å². The molecule has 114 valence electrons. The molecule has 0 bridgehead atoms. The van der Waals surface area contributed by atoms with Crippen molar-refractivity contribution in [2.75, 3.05) is 20.2 Å². The van der Waals surface area contributed by atoms with Gasteiger partial charge in [0.2, 0.25) is 5.88 Å². The molecule has 2 unspecified atom stereocenters. The Morgan fingerprint density at radius 3 is 2.80 bits per heavy atom. The van der Waals surface area contributed by atoms with Crippen molar-refractivity contribution >= 4 is 0 Å². The molecular weight excluding hydrogens is 252 g/mol. The smallest absolute Gasteiger partial charge is 0.216 e. The molecule has 0 aliphatic carbocycles. The highest BCUT2D eigenvalue weighted by atomic mass is 16.5. The van der Waals surface area contributed by atoms with Gasteiger partial charge in [-0.3, -0.25) is 4.90 Å². The zero-order chi connectivity index (χ0) is 14.7. The first-order valence-electron chi connectivity index (χ1n) is 7.67. The van der Waals surface area contributed by atoms with Crippen LogP contribution in [0.2, 0.25) is 0 Å². The minimum atomic E-state index is 0.154. The van der Waals surface area contributed by atoms with E-state index in [1.807, 2.05) is 11.7 Å². The van der Waals surface area contributed by atoms with E-state index in [1.54, 1.807) is 7.11 Å². The van der Waals surface area contributed by atoms with E-state index in [-0.39, 0.29) is 12.1 Å². The van der Waals surface area contributed by atoms with Crippen LogP contribution >= 0.6 is 0 Å². The minimum absolute atomic E-state index is 0.154. The van der Waals surface area contributed by atoms with Gasteiger partial charge in [0.25, 0.3) is 0 Å². The van der Waals surface area contributed by atoms with E-state index in [9.17, 15) is 0 Å². The van der Waals surface area contributed by atoms with E-state index in [1.165, 1.54) is 18.4 Å². The number of nitrogens with zero attached hydrogens (tertiary/aromatic N) is 3. The van der Waals surface area contributed by atoms with Gasteiger partial charge in [-0.25, -0.2) is 4.68 Å². The number of aryl methyl sites for hydroxylation is 2. The lowest BCUT2D eigenvalue weighted by Crippen LogP contribution is -2.40. The molecule has 2 N–H and O–H groups in total. The highest BCUT2D eigenvalue weighted by Gasteiger charge is 2.33. The number of hydrogen-bond donors (Lipinski definition) is 1. The van der Waals surface area contributed by atoms with Gasteiger partial charge in [-0.1, -0.05) is 13.3 Å². The molecule has 2 rings (SSSR count). The van der Waals surface area contributed by atoms with E-state index in [2.05, 4.69) is 23.8 Å². The van der Waals surface area contributed by atoms with Gasteiger partial charge in [0, 0.05) is 13.1 Å². The molecule has 1 fully saturated rings. The van der Waals surface area contributed by atoms with Crippen molar-refractivity contribution in [2.24, 2.45) is 12.8 Å². The number of nitrogens with two attached hydrogens (primary N) is 1. The number of methoxy groups -OCH3 is 1. The van der Waals surface area contributed by atoms with Crippen LogP contribution in [0.3, 0.4) is 0 Å². The van der Waals surface area contributed by atoms with Crippen LogP contribution in [-0.2, 0) is 7.05 Å². The summed E-state index contributed by atoms with van der Waals surface area (Å²) in [6, 6.07) is 0.377. The van der Waals surface area contributed by atoms with Crippen molar-refractivity contribution < 1.29 is 4.74 Å². The summed E-state index contributed by atoms with van der Waals surface area (Å²) < 4.78 is 7.41. The van der Waals surface area contributed by atoms with Crippen LogP contribution in [0.5, 0.6) is 5.88 Å². The largest absolute Gasteiger partial charge is 0.481 e. The van der Waals surface area contributed by atoms with Crippen LogP contribution in [0.25, 0.3) is 0 Å². The van der Waals surface area contributed by atoms with Gasteiger partial charge in [0.15, 0.2) is 0 Å². The van der Waals surface area contributed by atoms with Gasteiger partial charge in [-0.2, -0.15) is 5.10 Å². The van der Waals surface area contributed by atoms with Crippen molar-refractivity contribution in [3.05, 3.63) is 11.3 Å². The second-order valence-electron chi connectivity index (χ2n) is 5.77. The molecule has 2 heterocycles. The van der Waals surface area contributed by atoms with E-state index >= 15 is 0 Å². The third-order valence-electron chi connectivity index (χ3n) is 4.25. The second-order valence-corrected chi connectivity index (χ2v) is 5.77. The lowest BCUT2D eigenvalue weighted by atomic mass is 9.96. The van der Waals surface area contributed by atoms with Crippen molar-refractivity contribution in [1.82, 2.24) is 14.7 Å². The number of ether oxygens (including phenoxy) is 1.